The third-order valence-corrected chi connectivity index (χ3v) is 4.78. The van der Waals surface area contributed by atoms with Gasteiger partial charge in [0.2, 0.25) is 5.75 Å². The van der Waals surface area contributed by atoms with Crippen molar-refractivity contribution in [3.63, 3.8) is 0 Å². The first-order valence-electron chi connectivity index (χ1n) is 9.89. The van der Waals surface area contributed by atoms with Gasteiger partial charge in [0, 0.05) is 11.8 Å². The Morgan fingerprint density at radius 1 is 1.00 bits per heavy atom. The van der Waals surface area contributed by atoms with E-state index in [0.717, 1.165) is 29.3 Å². The topological polar surface area (TPSA) is 148 Å². The Balaban J connectivity index is 1.79. The first-order valence-corrected chi connectivity index (χ1v) is 9.89. The van der Waals surface area contributed by atoms with Crippen molar-refractivity contribution in [3.8, 4) is 17.6 Å². The van der Waals surface area contributed by atoms with Gasteiger partial charge < -0.3 is 10.1 Å². The zero-order valence-electron chi connectivity index (χ0n) is 18.1. The Morgan fingerprint density at radius 2 is 1.71 bits per heavy atom. The second kappa shape index (κ2) is 10.1. The largest absolute Gasteiger partial charge is 0.450 e. The molecule has 170 valence electrons. The van der Waals surface area contributed by atoms with Gasteiger partial charge in [-0.1, -0.05) is 24.3 Å². The SMILES string of the molecule is Cc1ccc(C)c(NC(=O)C(C#N)=Cc2ccc(Oc3ccc([N+](=O)[O-])cc3[N+](=O)[O-])cc2)c1. The quantitative estimate of drug-likeness (QED) is 0.214. The molecule has 0 saturated carbocycles. The maximum Gasteiger partial charge on any atom is 0.318 e. The molecule has 0 aliphatic heterocycles. The number of nitrogens with zero attached hydrogens (tertiary/aromatic N) is 3. The minimum absolute atomic E-state index is 0.111. The van der Waals surface area contributed by atoms with Crippen LogP contribution in [0.15, 0.2) is 66.2 Å². The number of anilines is 1. The van der Waals surface area contributed by atoms with Crippen molar-refractivity contribution in [2.24, 2.45) is 0 Å². The van der Waals surface area contributed by atoms with E-state index in [4.69, 9.17) is 4.74 Å². The zero-order valence-corrected chi connectivity index (χ0v) is 18.1. The van der Waals surface area contributed by atoms with Gasteiger partial charge in [0.1, 0.15) is 17.4 Å². The minimum Gasteiger partial charge on any atom is -0.450 e. The number of rotatable bonds is 7. The van der Waals surface area contributed by atoms with Gasteiger partial charge in [0.25, 0.3) is 11.6 Å². The van der Waals surface area contributed by atoms with Crippen molar-refractivity contribution in [1.82, 2.24) is 0 Å². The molecule has 0 aliphatic rings. The average molecular weight is 458 g/mol. The number of nitro groups is 2. The number of non-ortho nitro benzene ring substituents is 1. The molecule has 3 rings (SSSR count). The Labute approximate surface area is 194 Å². The van der Waals surface area contributed by atoms with Crippen LogP contribution in [-0.2, 0) is 4.79 Å². The third kappa shape index (κ3) is 5.60. The number of amides is 1. The van der Waals surface area contributed by atoms with Crippen LogP contribution in [0.5, 0.6) is 11.5 Å². The predicted molar refractivity (Wildman–Crippen MR) is 124 cm³/mol. The molecule has 0 bridgehead atoms. The zero-order chi connectivity index (χ0) is 24.8. The Kier molecular flexibility index (Phi) is 6.98. The number of nitriles is 1. The van der Waals surface area contributed by atoms with Crippen LogP contribution in [0.1, 0.15) is 16.7 Å². The summed E-state index contributed by atoms with van der Waals surface area (Å²) in [6.45, 7) is 3.74. The molecule has 0 atom stereocenters. The van der Waals surface area contributed by atoms with Crippen molar-refractivity contribution >= 4 is 29.0 Å². The Bertz CT molecular complexity index is 1360. The maximum atomic E-state index is 12.6. The summed E-state index contributed by atoms with van der Waals surface area (Å²) < 4.78 is 5.51. The molecule has 3 aromatic carbocycles. The fourth-order valence-electron chi connectivity index (χ4n) is 2.98. The smallest absolute Gasteiger partial charge is 0.318 e. The molecular weight excluding hydrogens is 440 g/mol. The molecule has 0 fully saturated rings. The number of ether oxygens (including phenoxy) is 1. The van der Waals surface area contributed by atoms with Crippen LogP contribution in [0.2, 0.25) is 0 Å². The number of carbonyl (C=O) groups is 1. The lowest BCUT2D eigenvalue weighted by Gasteiger charge is -2.09. The monoisotopic (exact) mass is 458 g/mol. The maximum absolute atomic E-state index is 12.6. The normalized spacial score (nSPS) is 10.8. The number of hydrogen-bond donors (Lipinski definition) is 1. The van der Waals surface area contributed by atoms with Crippen LogP contribution in [0.4, 0.5) is 17.1 Å². The van der Waals surface area contributed by atoms with Crippen LogP contribution < -0.4 is 10.1 Å². The van der Waals surface area contributed by atoms with Gasteiger partial charge in [-0.15, -0.1) is 0 Å². The van der Waals surface area contributed by atoms with E-state index >= 15 is 0 Å². The molecule has 0 saturated heterocycles. The van der Waals surface area contributed by atoms with E-state index in [-0.39, 0.29) is 17.1 Å². The molecule has 0 unspecified atom stereocenters. The summed E-state index contributed by atoms with van der Waals surface area (Å²) in [6.07, 6.45) is 1.40. The second-order valence-corrected chi connectivity index (χ2v) is 7.28. The molecule has 0 aromatic heterocycles. The van der Waals surface area contributed by atoms with Crippen LogP contribution in [0, 0.1) is 45.4 Å². The van der Waals surface area contributed by atoms with Crippen molar-refractivity contribution in [2.45, 2.75) is 13.8 Å². The number of benzene rings is 3. The highest BCUT2D eigenvalue weighted by atomic mass is 16.6. The number of aryl methyl sites for hydroxylation is 2. The standard InChI is InChI=1S/C24H18N4O6/c1-15-3-4-16(2)21(11-15)26-24(29)18(14-25)12-17-5-8-20(9-6-17)34-23-10-7-19(27(30)31)13-22(23)28(32)33/h3-13H,1-2H3,(H,26,29). The summed E-state index contributed by atoms with van der Waals surface area (Å²) in [4.78, 5) is 33.2. The molecule has 0 heterocycles. The van der Waals surface area contributed by atoms with Gasteiger partial charge >= 0.3 is 5.69 Å². The Morgan fingerprint density at radius 3 is 2.32 bits per heavy atom. The first-order chi connectivity index (χ1) is 16.2. The van der Waals surface area contributed by atoms with E-state index in [1.807, 2.05) is 38.1 Å². The Hall–Kier alpha value is -5.04. The van der Waals surface area contributed by atoms with E-state index in [1.54, 1.807) is 12.1 Å². The lowest BCUT2D eigenvalue weighted by atomic mass is 10.1. The van der Waals surface area contributed by atoms with E-state index in [1.165, 1.54) is 18.2 Å². The number of nitro benzene ring substituents is 2. The van der Waals surface area contributed by atoms with Crippen LogP contribution in [-0.4, -0.2) is 15.8 Å². The highest BCUT2D eigenvalue weighted by Crippen LogP contribution is 2.34. The average Bonchev–Trinajstić information content (AvgIpc) is 2.80. The summed E-state index contributed by atoms with van der Waals surface area (Å²) in [5.74, 6) is -0.491. The summed E-state index contributed by atoms with van der Waals surface area (Å²) >= 11 is 0. The lowest BCUT2D eigenvalue weighted by molar-refractivity contribution is -0.394. The first kappa shape index (κ1) is 23.6. The molecule has 3 aromatic rings. The molecule has 1 amide bonds. The fourth-order valence-corrected chi connectivity index (χ4v) is 2.98. The molecule has 1 N–H and O–H groups in total. The highest BCUT2D eigenvalue weighted by molar-refractivity contribution is 6.10. The van der Waals surface area contributed by atoms with Gasteiger partial charge in [0.15, 0.2) is 0 Å². The van der Waals surface area contributed by atoms with Crippen LogP contribution in [0.3, 0.4) is 0 Å². The van der Waals surface area contributed by atoms with Crippen molar-refractivity contribution in [2.75, 3.05) is 5.32 Å². The van der Waals surface area contributed by atoms with E-state index in [0.29, 0.717) is 11.3 Å². The molecule has 0 aliphatic carbocycles. The van der Waals surface area contributed by atoms with Gasteiger partial charge in [-0.3, -0.25) is 25.0 Å². The summed E-state index contributed by atoms with van der Waals surface area (Å²) in [5.41, 5.74) is 1.87. The van der Waals surface area contributed by atoms with Crippen LogP contribution in [0.25, 0.3) is 6.08 Å². The highest BCUT2D eigenvalue weighted by Gasteiger charge is 2.21. The van der Waals surface area contributed by atoms with Crippen molar-refractivity contribution < 1.29 is 19.4 Å². The van der Waals surface area contributed by atoms with Crippen molar-refractivity contribution in [1.29, 1.82) is 5.26 Å². The molecule has 0 spiro atoms. The van der Waals surface area contributed by atoms with E-state index in [2.05, 4.69) is 5.32 Å². The van der Waals surface area contributed by atoms with Gasteiger partial charge in [-0.2, -0.15) is 5.26 Å². The summed E-state index contributed by atoms with van der Waals surface area (Å²) in [6, 6.07) is 16.7. The second-order valence-electron chi connectivity index (χ2n) is 7.28. The molecule has 10 nitrogen and oxygen atoms in total. The van der Waals surface area contributed by atoms with Gasteiger partial charge in [0.05, 0.1) is 15.9 Å². The number of hydrogen-bond acceptors (Lipinski definition) is 7. The molecular formula is C24H18N4O6. The van der Waals surface area contributed by atoms with E-state index < -0.39 is 27.1 Å². The number of nitrogens with one attached hydrogen (secondary N) is 1. The molecule has 10 heteroatoms. The minimum atomic E-state index is -0.771. The molecule has 0 radical (unpaired) electrons. The molecule has 34 heavy (non-hydrogen) atoms. The summed E-state index contributed by atoms with van der Waals surface area (Å²) in [7, 11) is 0. The summed E-state index contributed by atoms with van der Waals surface area (Å²) in [5, 5.41) is 34.3. The van der Waals surface area contributed by atoms with Gasteiger partial charge in [-0.05, 0) is 60.9 Å². The predicted octanol–water partition coefficient (Wildman–Crippen LogP) is 5.46. The van der Waals surface area contributed by atoms with E-state index in [9.17, 15) is 30.3 Å². The van der Waals surface area contributed by atoms with Gasteiger partial charge in [-0.25, -0.2) is 0 Å². The third-order valence-electron chi connectivity index (χ3n) is 4.78. The van der Waals surface area contributed by atoms with Crippen molar-refractivity contribution in [3.05, 3.63) is 103 Å². The number of carbonyl (C=O) groups excluding carboxylic acids is 1. The lowest BCUT2D eigenvalue weighted by Crippen LogP contribution is -2.14. The fraction of sp³-hybridized carbons (Fsp3) is 0.0833. The van der Waals surface area contributed by atoms with Crippen LogP contribution >= 0.6 is 0 Å².